The third kappa shape index (κ3) is 3.50. The van der Waals surface area contributed by atoms with Crippen molar-refractivity contribution in [3.63, 3.8) is 0 Å². The molecule has 33 heavy (non-hydrogen) atoms. The molecule has 0 aromatic heterocycles. The maximum absolute atomic E-state index is 13.2. The average molecular weight is 469 g/mol. The van der Waals surface area contributed by atoms with E-state index in [2.05, 4.69) is 5.32 Å². The van der Waals surface area contributed by atoms with E-state index in [0.29, 0.717) is 12.8 Å². The van der Waals surface area contributed by atoms with Gasteiger partial charge in [-0.05, 0) is 36.1 Å². The largest absolute Gasteiger partial charge is 0.338 e. The standard InChI is InChI=1S/C23H24N4O5S/c28-20(25-12-14-26(15-13-25)33(31,32)18-7-2-1-3-8-18)16-27-21(29)23(24-22(27)30)11-10-17-6-4-5-9-19(17)23/h1-9H,10-16H2,(H,24,30)/t23-/m0/s1. The first-order chi connectivity index (χ1) is 15.8. The Morgan fingerprint density at radius 1 is 0.939 bits per heavy atom. The van der Waals surface area contributed by atoms with E-state index in [1.165, 1.54) is 9.21 Å². The second-order valence-corrected chi connectivity index (χ2v) is 10.4. The molecule has 5 rings (SSSR count). The molecule has 10 heteroatoms. The van der Waals surface area contributed by atoms with Crippen LogP contribution in [0.4, 0.5) is 4.79 Å². The first-order valence-corrected chi connectivity index (χ1v) is 12.3. The monoisotopic (exact) mass is 468 g/mol. The third-order valence-corrected chi connectivity index (χ3v) is 8.60. The van der Waals surface area contributed by atoms with Gasteiger partial charge in [-0.1, -0.05) is 42.5 Å². The number of piperazine rings is 1. The Hall–Kier alpha value is -3.24. The van der Waals surface area contributed by atoms with Crippen LogP contribution in [-0.4, -0.2) is 73.1 Å². The van der Waals surface area contributed by atoms with Gasteiger partial charge in [0, 0.05) is 26.2 Å². The molecular formula is C23H24N4O5S. The summed E-state index contributed by atoms with van der Waals surface area (Å²) in [6.07, 6.45) is 1.15. The zero-order chi connectivity index (χ0) is 23.2. The topological polar surface area (TPSA) is 107 Å². The van der Waals surface area contributed by atoms with Gasteiger partial charge in [0.15, 0.2) is 0 Å². The van der Waals surface area contributed by atoms with Gasteiger partial charge >= 0.3 is 6.03 Å². The van der Waals surface area contributed by atoms with Gasteiger partial charge in [-0.15, -0.1) is 0 Å². The van der Waals surface area contributed by atoms with E-state index >= 15 is 0 Å². The predicted octanol–water partition coefficient (Wildman–Crippen LogP) is 0.913. The molecular weight excluding hydrogens is 444 g/mol. The summed E-state index contributed by atoms with van der Waals surface area (Å²) in [5.74, 6) is -0.783. The van der Waals surface area contributed by atoms with Gasteiger partial charge in [-0.25, -0.2) is 13.2 Å². The Labute approximate surface area is 192 Å². The summed E-state index contributed by atoms with van der Waals surface area (Å²) < 4.78 is 26.9. The highest BCUT2D eigenvalue weighted by Crippen LogP contribution is 2.41. The number of aryl methyl sites for hydroxylation is 1. The molecule has 2 aromatic carbocycles. The van der Waals surface area contributed by atoms with E-state index in [1.807, 2.05) is 24.3 Å². The molecule has 2 fully saturated rings. The minimum Gasteiger partial charge on any atom is -0.338 e. The van der Waals surface area contributed by atoms with Crippen molar-refractivity contribution in [3.8, 4) is 0 Å². The molecule has 2 saturated heterocycles. The van der Waals surface area contributed by atoms with Crippen LogP contribution in [0.25, 0.3) is 0 Å². The molecule has 1 spiro atoms. The molecule has 4 amide bonds. The molecule has 9 nitrogen and oxygen atoms in total. The van der Waals surface area contributed by atoms with E-state index in [0.717, 1.165) is 16.0 Å². The average Bonchev–Trinajstić information content (AvgIpc) is 3.32. The highest BCUT2D eigenvalue weighted by atomic mass is 32.2. The lowest BCUT2D eigenvalue weighted by atomic mass is 9.92. The Kier molecular flexibility index (Phi) is 5.21. The fraction of sp³-hybridized carbons (Fsp3) is 0.348. The maximum Gasteiger partial charge on any atom is 0.325 e. The number of benzene rings is 2. The van der Waals surface area contributed by atoms with E-state index in [9.17, 15) is 22.8 Å². The number of carbonyl (C=O) groups excluding carboxylic acids is 3. The van der Waals surface area contributed by atoms with Crippen molar-refractivity contribution >= 4 is 27.9 Å². The van der Waals surface area contributed by atoms with Crippen molar-refractivity contribution < 1.29 is 22.8 Å². The SMILES string of the molecule is O=C(CN1C(=O)N[C@]2(CCc3ccccc32)C1=O)N1CCN(S(=O)(=O)c2ccccc2)CC1. The van der Waals surface area contributed by atoms with Gasteiger partial charge in [-0.2, -0.15) is 4.31 Å². The van der Waals surface area contributed by atoms with Crippen molar-refractivity contribution in [1.29, 1.82) is 0 Å². The van der Waals surface area contributed by atoms with E-state index in [4.69, 9.17) is 0 Å². The van der Waals surface area contributed by atoms with Crippen LogP contribution in [0, 0.1) is 0 Å². The van der Waals surface area contributed by atoms with Gasteiger partial charge in [0.1, 0.15) is 12.1 Å². The first kappa shape index (κ1) is 21.6. The molecule has 2 aliphatic heterocycles. The van der Waals surface area contributed by atoms with Gasteiger partial charge < -0.3 is 10.2 Å². The van der Waals surface area contributed by atoms with E-state index in [1.54, 1.807) is 30.3 Å². The number of nitrogens with one attached hydrogen (secondary N) is 1. The zero-order valence-corrected chi connectivity index (χ0v) is 18.8. The van der Waals surface area contributed by atoms with Gasteiger partial charge in [0.2, 0.25) is 15.9 Å². The summed E-state index contributed by atoms with van der Waals surface area (Å²) in [7, 11) is -3.63. The molecule has 0 radical (unpaired) electrons. The van der Waals surface area contributed by atoms with Crippen LogP contribution < -0.4 is 5.32 Å². The number of sulfonamides is 1. The van der Waals surface area contributed by atoms with Crippen LogP contribution in [0.15, 0.2) is 59.5 Å². The van der Waals surface area contributed by atoms with Crippen LogP contribution in [0.5, 0.6) is 0 Å². The fourth-order valence-corrected chi connectivity index (χ4v) is 6.33. The number of urea groups is 1. The fourth-order valence-electron chi connectivity index (χ4n) is 4.89. The van der Waals surface area contributed by atoms with Crippen molar-refractivity contribution in [3.05, 3.63) is 65.7 Å². The second kappa shape index (κ2) is 7.96. The van der Waals surface area contributed by atoms with Crippen molar-refractivity contribution in [2.45, 2.75) is 23.3 Å². The van der Waals surface area contributed by atoms with Crippen molar-refractivity contribution in [1.82, 2.24) is 19.4 Å². The third-order valence-electron chi connectivity index (χ3n) is 6.69. The van der Waals surface area contributed by atoms with Crippen LogP contribution >= 0.6 is 0 Å². The number of imide groups is 1. The summed E-state index contributed by atoms with van der Waals surface area (Å²) in [4.78, 5) is 41.5. The minimum absolute atomic E-state index is 0.153. The number of fused-ring (bicyclic) bond motifs is 2. The summed E-state index contributed by atoms with van der Waals surface area (Å²) in [6, 6.07) is 15.1. The molecule has 1 atom stereocenters. The van der Waals surface area contributed by atoms with Gasteiger partial charge in [-0.3, -0.25) is 14.5 Å². The lowest BCUT2D eigenvalue weighted by molar-refractivity contribution is -0.139. The Bertz CT molecular complexity index is 1220. The molecule has 2 heterocycles. The Morgan fingerprint density at radius 3 is 2.33 bits per heavy atom. The molecule has 1 N–H and O–H groups in total. The maximum atomic E-state index is 13.2. The number of amides is 4. The number of rotatable bonds is 4. The van der Waals surface area contributed by atoms with Crippen LogP contribution in [0.3, 0.4) is 0 Å². The Balaban J connectivity index is 1.24. The minimum atomic E-state index is -3.63. The smallest absolute Gasteiger partial charge is 0.325 e. The second-order valence-electron chi connectivity index (χ2n) is 8.48. The quantitative estimate of drug-likeness (QED) is 0.672. The molecule has 0 unspecified atom stereocenters. The summed E-state index contributed by atoms with van der Waals surface area (Å²) in [5, 5.41) is 2.82. The summed E-state index contributed by atoms with van der Waals surface area (Å²) in [5.41, 5.74) is 0.712. The Morgan fingerprint density at radius 2 is 1.61 bits per heavy atom. The van der Waals surface area contributed by atoms with E-state index < -0.39 is 27.5 Å². The summed E-state index contributed by atoms with van der Waals surface area (Å²) >= 11 is 0. The molecule has 1 aliphatic carbocycles. The number of nitrogens with zero attached hydrogens (tertiary/aromatic N) is 3. The predicted molar refractivity (Wildman–Crippen MR) is 118 cm³/mol. The normalized spacial score (nSPS) is 23.2. The zero-order valence-electron chi connectivity index (χ0n) is 17.9. The first-order valence-electron chi connectivity index (χ1n) is 10.9. The number of hydrogen-bond donors (Lipinski definition) is 1. The molecule has 0 saturated carbocycles. The van der Waals surface area contributed by atoms with Gasteiger partial charge in [0.25, 0.3) is 5.91 Å². The number of carbonyl (C=O) groups is 3. The molecule has 3 aliphatic rings. The molecule has 2 aromatic rings. The lowest BCUT2D eigenvalue weighted by Crippen LogP contribution is -2.53. The molecule has 172 valence electrons. The highest BCUT2D eigenvalue weighted by Gasteiger charge is 2.55. The number of hydrogen-bond acceptors (Lipinski definition) is 5. The van der Waals surface area contributed by atoms with Crippen LogP contribution in [0.1, 0.15) is 17.5 Å². The molecule has 0 bridgehead atoms. The summed E-state index contributed by atoms with van der Waals surface area (Å²) in [6.45, 7) is 0.339. The van der Waals surface area contributed by atoms with Gasteiger partial charge in [0.05, 0.1) is 4.90 Å². The highest BCUT2D eigenvalue weighted by molar-refractivity contribution is 7.89. The lowest BCUT2D eigenvalue weighted by Gasteiger charge is -2.34. The van der Waals surface area contributed by atoms with Crippen LogP contribution in [0.2, 0.25) is 0 Å². The van der Waals surface area contributed by atoms with Crippen LogP contribution in [-0.2, 0) is 31.6 Å². The van der Waals surface area contributed by atoms with Crippen molar-refractivity contribution in [2.24, 2.45) is 0 Å². The van der Waals surface area contributed by atoms with Crippen molar-refractivity contribution in [2.75, 3.05) is 32.7 Å². The van der Waals surface area contributed by atoms with E-state index in [-0.39, 0.29) is 43.5 Å².